The molecule has 2 aliphatic heterocycles. The number of ether oxygens (including phenoxy) is 1. The second kappa shape index (κ2) is 6.59. The number of rotatable bonds is 3. The van der Waals surface area contributed by atoms with Crippen LogP contribution in [0.4, 0.5) is 11.5 Å². The molecule has 24 heavy (non-hydrogen) atoms. The van der Waals surface area contributed by atoms with Crippen molar-refractivity contribution in [3.63, 3.8) is 0 Å². The van der Waals surface area contributed by atoms with Gasteiger partial charge in [-0.3, -0.25) is 4.79 Å². The highest BCUT2D eigenvalue weighted by Crippen LogP contribution is 2.21. The first-order valence-electron chi connectivity index (χ1n) is 8.22. The van der Waals surface area contributed by atoms with Gasteiger partial charge < -0.3 is 20.3 Å². The monoisotopic (exact) mass is 324 g/mol. The molecule has 0 atom stereocenters. The predicted molar refractivity (Wildman–Crippen MR) is 92.2 cm³/mol. The van der Waals surface area contributed by atoms with Gasteiger partial charge in [-0.15, -0.1) is 0 Å². The highest BCUT2D eigenvalue weighted by molar-refractivity contribution is 6.04. The lowest BCUT2D eigenvalue weighted by Gasteiger charge is -2.29. The first-order chi connectivity index (χ1) is 11.8. The van der Waals surface area contributed by atoms with Gasteiger partial charge in [0.2, 0.25) is 0 Å². The molecule has 1 aromatic heterocycles. The Labute approximate surface area is 140 Å². The van der Waals surface area contributed by atoms with Crippen molar-refractivity contribution in [2.75, 3.05) is 36.4 Å². The zero-order valence-corrected chi connectivity index (χ0v) is 13.4. The molecule has 6 heteroatoms. The Morgan fingerprint density at radius 2 is 1.96 bits per heavy atom. The van der Waals surface area contributed by atoms with E-state index in [0.717, 1.165) is 43.0 Å². The van der Waals surface area contributed by atoms with Gasteiger partial charge in [-0.05, 0) is 35.4 Å². The average Bonchev–Trinajstić information content (AvgIpc) is 3.11. The van der Waals surface area contributed by atoms with Gasteiger partial charge in [-0.1, -0.05) is 6.07 Å². The van der Waals surface area contributed by atoms with E-state index < -0.39 is 0 Å². The average molecular weight is 324 g/mol. The minimum absolute atomic E-state index is 0.146. The number of carbonyl (C=O) groups excluding carboxylic acids is 1. The lowest BCUT2D eigenvalue weighted by atomic mass is 10.1. The third-order valence-electron chi connectivity index (χ3n) is 4.46. The Hall–Kier alpha value is -2.44. The number of hydrogen-bond acceptors (Lipinski definition) is 5. The van der Waals surface area contributed by atoms with Gasteiger partial charge >= 0.3 is 0 Å². The van der Waals surface area contributed by atoms with Crippen LogP contribution in [0.1, 0.15) is 21.5 Å². The van der Waals surface area contributed by atoms with Crippen LogP contribution in [0.15, 0.2) is 36.5 Å². The molecular weight excluding hydrogens is 304 g/mol. The van der Waals surface area contributed by atoms with Crippen molar-refractivity contribution < 1.29 is 9.53 Å². The van der Waals surface area contributed by atoms with Gasteiger partial charge in [0.25, 0.3) is 5.91 Å². The largest absolute Gasteiger partial charge is 0.372 e. The molecule has 2 N–H and O–H groups in total. The maximum absolute atomic E-state index is 12.4. The summed E-state index contributed by atoms with van der Waals surface area (Å²) < 4.78 is 5.39. The van der Waals surface area contributed by atoms with Crippen LogP contribution in [0.3, 0.4) is 0 Å². The molecule has 1 fully saturated rings. The molecule has 4 rings (SSSR count). The number of amides is 1. The smallest absolute Gasteiger partial charge is 0.256 e. The molecule has 124 valence electrons. The number of piperazine rings is 1. The van der Waals surface area contributed by atoms with Gasteiger partial charge in [0, 0.05) is 31.7 Å². The molecule has 0 saturated carbocycles. The van der Waals surface area contributed by atoms with E-state index in [1.807, 2.05) is 36.5 Å². The van der Waals surface area contributed by atoms with Gasteiger partial charge in [0.1, 0.15) is 5.82 Å². The van der Waals surface area contributed by atoms with Crippen LogP contribution in [0.25, 0.3) is 0 Å². The van der Waals surface area contributed by atoms with E-state index in [9.17, 15) is 4.79 Å². The number of nitrogens with zero attached hydrogens (tertiary/aromatic N) is 2. The summed E-state index contributed by atoms with van der Waals surface area (Å²) in [6.07, 6.45) is 1.82. The number of aromatic nitrogens is 1. The number of pyridine rings is 1. The van der Waals surface area contributed by atoms with E-state index in [1.54, 1.807) is 0 Å². The summed E-state index contributed by atoms with van der Waals surface area (Å²) in [5.74, 6) is 0.419. The molecule has 1 aromatic carbocycles. The van der Waals surface area contributed by atoms with Crippen molar-refractivity contribution in [2.24, 2.45) is 0 Å². The maximum atomic E-state index is 12.4. The lowest BCUT2D eigenvalue weighted by Crippen LogP contribution is -2.43. The number of hydrogen-bond donors (Lipinski definition) is 2. The molecule has 6 nitrogen and oxygen atoms in total. The molecule has 0 bridgehead atoms. The summed E-state index contributed by atoms with van der Waals surface area (Å²) in [6.45, 7) is 5.14. The van der Waals surface area contributed by atoms with Crippen LogP contribution in [0, 0.1) is 0 Å². The number of carbonyl (C=O) groups is 1. The van der Waals surface area contributed by atoms with Crippen LogP contribution in [-0.2, 0) is 18.0 Å². The van der Waals surface area contributed by atoms with Crippen LogP contribution in [0.2, 0.25) is 0 Å². The molecule has 1 saturated heterocycles. The summed E-state index contributed by atoms with van der Waals surface area (Å²) >= 11 is 0. The van der Waals surface area contributed by atoms with Crippen molar-refractivity contribution >= 4 is 17.4 Å². The van der Waals surface area contributed by atoms with Crippen LogP contribution in [-0.4, -0.2) is 37.1 Å². The third-order valence-corrected chi connectivity index (χ3v) is 4.46. The zero-order valence-electron chi connectivity index (χ0n) is 13.4. The maximum Gasteiger partial charge on any atom is 0.256 e. The van der Waals surface area contributed by atoms with E-state index in [0.29, 0.717) is 24.6 Å². The third kappa shape index (κ3) is 3.11. The van der Waals surface area contributed by atoms with Gasteiger partial charge in [-0.2, -0.15) is 0 Å². The summed E-state index contributed by atoms with van der Waals surface area (Å²) in [5.41, 5.74) is 3.96. The normalized spacial score (nSPS) is 16.8. The summed E-state index contributed by atoms with van der Waals surface area (Å²) in [5, 5.41) is 6.19. The minimum atomic E-state index is -0.146. The summed E-state index contributed by atoms with van der Waals surface area (Å²) in [7, 11) is 0. The quantitative estimate of drug-likeness (QED) is 0.901. The van der Waals surface area contributed by atoms with Crippen LogP contribution in [0.5, 0.6) is 0 Å². The lowest BCUT2D eigenvalue weighted by molar-refractivity contribution is 0.102. The predicted octanol–water partition coefficient (Wildman–Crippen LogP) is 1.77. The topological polar surface area (TPSA) is 66.5 Å². The SMILES string of the molecule is O=C(Nc1ccc(N2CCNCC2)cn1)c1ccc2c(c1)COC2. The molecule has 0 spiro atoms. The van der Waals surface area contributed by atoms with E-state index >= 15 is 0 Å². The molecule has 3 heterocycles. The van der Waals surface area contributed by atoms with Gasteiger partial charge in [0.05, 0.1) is 25.1 Å². The van der Waals surface area contributed by atoms with E-state index in [1.165, 1.54) is 0 Å². The Morgan fingerprint density at radius 1 is 1.12 bits per heavy atom. The zero-order chi connectivity index (χ0) is 16.4. The van der Waals surface area contributed by atoms with Crippen molar-refractivity contribution in [3.8, 4) is 0 Å². The highest BCUT2D eigenvalue weighted by Gasteiger charge is 2.15. The van der Waals surface area contributed by atoms with Crippen molar-refractivity contribution in [3.05, 3.63) is 53.2 Å². The second-order valence-electron chi connectivity index (χ2n) is 6.07. The van der Waals surface area contributed by atoms with Gasteiger partial charge in [-0.25, -0.2) is 4.98 Å². The molecule has 0 unspecified atom stereocenters. The first-order valence-corrected chi connectivity index (χ1v) is 8.22. The molecule has 2 aliphatic rings. The van der Waals surface area contributed by atoms with Crippen LogP contribution >= 0.6 is 0 Å². The number of anilines is 2. The number of fused-ring (bicyclic) bond motifs is 1. The highest BCUT2D eigenvalue weighted by atomic mass is 16.5. The fraction of sp³-hybridized carbons (Fsp3) is 0.333. The molecule has 2 aromatic rings. The molecule has 0 radical (unpaired) electrons. The van der Waals surface area contributed by atoms with E-state index in [2.05, 4.69) is 20.5 Å². The fourth-order valence-electron chi connectivity index (χ4n) is 3.07. The number of benzene rings is 1. The second-order valence-corrected chi connectivity index (χ2v) is 6.07. The standard InChI is InChI=1S/C18H20N4O2/c23-18(13-1-2-14-11-24-12-15(14)9-13)21-17-4-3-16(10-20-17)22-7-5-19-6-8-22/h1-4,9-10,19H,5-8,11-12H2,(H,20,21,23). The van der Waals surface area contributed by atoms with Gasteiger partial charge in [0.15, 0.2) is 0 Å². The molecular formula is C18H20N4O2. The van der Waals surface area contributed by atoms with Crippen LogP contribution < -0.4 is 15.5 Å². The molecule has 1 amide bonds. The Morgan fingerprint density at radius 3 is 2.75 bits per heavy atom. The number of nitrogens with one attached hydrogen (secondary N) is 2. The Kier molecular flexibility index (Phi) is 4.15. The minimum Gasteiger partial charge on any atom is -0.372 e. The summed E-state index contributed by atoms with van der Waals surface area (Å²) in [4.78, 5) is 19.1. The summed E-state index contributed by atoms with van der Waals surface area (Å²) in [6, 6.07) is 9.54. The van der Waals surface area contributed by atoms with E-state index in [-0.39, 0.29) is 5.91 Å². The fourth-order valence-corrected chi connectivity index (χ4v) is 3.07. The van der Waals surface area contributed by atoms with Crippen molar-refractivity contribution in [2.45, 2.75) is 13.2 Å². The van der Waals surface area contributed by atoms with Crippen molar-refractivity contribution in [1.82, 2.24) is 10.3 Å². The van der Waals surface area contributed by atoms with E-state index in [4.69, 9.17) is 4.74 Å². The Balaban J connectivity index is 1.44. The Bertz CT molecular complexity index is 739. The molecule has 0 aliphatic carbocycles. The van der Waals surface area contributed by atoms with Crippen molar-refractivity contribution in [1.29, 1.82) is 0 Å². The first kappa shape index (κ1) is 15.1.